The smallest absolute Gasteiger partial charge is 0.341 e. The van der Waals surface area contributed by atoms with Gasteiger partial charge in [-0.25, -0.2) is 14.6 Å². The first kappa shape index (κ1) is 17.1. The number of rotatable bonds is 7. The number of aliphatic hydroxyl groups excluding tert-OH is 1. The minimum absolute atomic E-state index is 0.00299. The summed E-state index contributed by atoms with van der Waals surface area (Å²) < 4.78 is 18.1. The van der Waals surface area contributed by atoms with E-state index >= 15 is 0 Å². The first-order valence-electron chi connectivity index (χ1n) is 6.54. The van der Waals surface area contributed by atoms with Crippen LogP contribution in [0.4, 0.5) is 4.39 Å². The molecule has 1 unspecified atom stereocenters. The van der Waals surface area contributed by atoms with Crippen molar-refractivity contribution in [1.29, 1.82) is 0 Å². The number of hydrogen-bond acceptors (Lipinski definition) is 5. The number of ether oxygens (including phenoxy) is 1. The number of aliphatic hydroxyl groups is 1. The molecule has 1 amide bonds. The van der Waals surface area contributed by atoms with Crippen LogP contribution in [0.3, 0.4) is 0 Å². The molecule has 0 aliphatic heterocycles. The zero-order valence-corrected chi connectivity index (χ0v) is 11.9. The summed E-state index contributed by atoms with van der Waals surface area (Å²) in [6.45, 7) is 3.15. The molecule has 0 aromatic heterocycles. The third kappa shape index (κ3) is 5.88. The number of hydrazine groups is 1. The van der Waals surface area contributed by atoms with Gasteiger partial charge in [0.25, 0.3) is 0 Å². The summed E-state index contributed by atoms with van der Waals surface area (Å²) in [6.07, 6.45) is -1.02. The molecule has 1 aromatic rings. The number of esters is 1. The third-order valence-corrected chi connectivity index (χ3v) is 2.57. The van der Waals surface area contributed by atoms with Crippen molar-refractivity contribution in [2.75, 3.05) is 13.2 Å². The number of carbonyl (C=O) groups excluding carboxylic acids is 2. The van der Waals surface area contributed by atoms with E-state index in [2.05, 4.69) is 10.9 Å². The van der Waals surface area contributed by atoms with E-state index in [0.717, 1.165) is 6.07 Å². The Kier molecular flexibility index (Phi) is 6.77. The second-order valence-corrected chi connectivity index (χ2v) is 4.76. The highest BCUT2D eigenvalue weighted by molar-refractivity contribution is 5.89. The maximum absolute atomic E-state index is 13.3. The lowest BCUT2D eigenvalue weighted by molar-refractivity contribution is -0.125. The molecule has 0 bridgehead atoms. The van der Waals surface area contributed by atoms with E-state index in [0.29, 0.717) is 0 Å². The van der Waals surface area contributed by atoms with Crippen molar-refractivity contribution in [3.8, 4) is 0 Å². The predicted molar refractivity (Wildman–Crippen MR) is 73.7 cm³/mol. The predicted octanol–water partition coefficient (Wildman–Crippen LogP) is 0.620. The van der Waals surface area contributed by atoms with Gasteiger partial charge in [0, 0.05) is 12.5 Å². The first-order chi connectivity index (χ1) is 9.91. The Hall–Kier alpha value is -1.99. The van der Waals surface area contributed by atoms with Crippen LogP contribution in [0.5, 0.6) is 0 Å². The zero-order chi connectivity index (χ0) is 15.8. The van der Waals surface area contributed by atoms with E-state index in [1.54, 1.807) is 13.8 Å². The molecule has 0 aliphatic carbocycles. The molecule has 1 aromatic carbocycles. The molecule has 3 N–H and O–H groups in total. The Morgan fingerprint density at radius 2 is 2.00 bits per heavy atom. The molecule has 1 rings (SSSR count). The van der Waals surface area contributed by atoms with Crippen molar-refractivity contribution in [2.24, 2.45) is 5.92 Å². The van der Waals surface area contributed by atoms with Gasteiger partial charge in [-0.2, -0.15) is 0 Å². The van der Waals surface area contributed by atoms with Gasteiger partial charge >= 0.3 is 5.97 Å². The number of amides is 1. The zero-order valence-electron chi connectivity index (χ0n) is 11.9. The Bertz CT molecular complexity index is 494. The molecule has 6 nitrogen and oxygen atoms in total. The van der Waals surface area contributed by atoms with Gasteiger partial charge in [0.2, 0.25) is 5.91 Å². The standard InChI is InChI=1S/C14H19FN2O4/c1-9(2)13(19)17-16-7-10(18)8-21-14(20)11-5-3-4-6-12(11)15/h3-6,9-10,16,18H,7-8H2,1-2H3,(H,17,19). The van der Waals surface area contributed by atoms with E-state index in [4.69, 9.17) is 4.74 Å². The quantitative estimate of drug-likeness (QED) is 0.507. The van der Waals surface area contributed by atoms with E-state index < -0.39 is 17.9 Å². The fourth-order valence-electron chi connectivity index (χ4n) is 1.34. The number of hydrogen-bond donors (Lipinski definition) is 3. The van der Waals surface area contributed by atoms with E-state index in [1.807, 2.05) is 0 Å². The molecule has 0 fully saturated rings. The lowest BCUT2D eigenvalue weighted by Crippen LogP contribution is -2.44. The highest BCUT2D eigenvalue weighted by Crippen LogP contribution is 2.07. The molecule has 0 saturated carbocycles. The number of nitrogens with one attached hydrogen (secondary N) is 2. The topological polar surface area (TPSA) is 87.7 Å². The van der Waals surface area contributed by atoms with Crippen LogP contribution in [0.25, 0.3) is 0 Å². The van der Waals surface area contributed by atoms with Gasteiger partial charge in [0.05, 0.1) is 5.56 Å². The number of benzene rings is 1. The molecule has 0 spiro atoms. The van der Waals surface area contributed by atoms with Gasteiger partial charge in [0.15, 0.2) is 0 Å². The van der Waals surface area contributed by atoms with Crippen molar-refractivity contribution in [3.05, 3.63) is 35.6 Å². The van der Waals surface area contributed by atoms with Gasteiger partial charge in [0.1, 0.15) is 18.5 Å². The van der Waals surface area contributed by atoms with E-state index in [-0.39, 0.29) is 30.5 Å². The van der Waals surface area contributed by atoms with Crippen LogP contribution in [-0.2, 0) is 9.53 Å². The Labute approximate surface area is 122 Å². The van der Waals surface area contributed by atoms with Crippen LogP contribution in [0, 0.1) is 11.7 Å². The van der Waals surface area contributed by atoms with Crippen LogP contribution >= 0.6 is 0 Å². The van der Waals surface area contributed by atoms with Gasteiger partial charge in [-0.05, 0) is 12.1 Å². The van der Waals surface area contributed by atoms with Gasteiger partial charge in [-0.1, -0.05) is 26.0 Å². The molecule has 116 valence electrons. The van der Waals surface area contributed by atoms with Crippen LogP contribution in [0.2, 0.25) is 0 Å². The van der Waals surface area contributed by atoms with Crippen molar-refractivity contribution >= 4 is 11.9 Å². The average Bonchev–Trinajstić information content (AvgIpc) is 2.45. The van der Waals surface area contributed by atoms with Crippen LogP contribution < -0.4 is 10.9 Å². The second kappa shape index (κ2) is 8.33. The largest absolute Gasteiger partial charge is 0.459 e. The van der Waals surface area contributed by atoms with Crippen LogP contribution in [0.1, 0.15) is 24.2 Å². The monoisotopic (exact) mass is 298 g/mol. The van der Waals surface area contributed by atoms with Gasteiger partial charge in [-0.15, -0.1) is 0 Å². The minimum atomic E-state index is -1.02. The molecular formula is C14H19FN2O4. The summed E-state index contributed by atoms with van der Waals surface area (Å²) in [5.41, 5.74) is 4.73. The summed E-state index contributed by atoms with van der Waals surface area (Å²) in [7, 11) is 0. The lowest BCUT2D eigenvalue weighted by Gasteiger charge is -2.14. The summed E-state index contributed by atoms with van der Waals surface area (Å²) >= 11 is 0. The maximum Gasteiger partial charge on any atom is 0.341 e. The van der Waals surface area contributed by atoms with Crippen LogP contribution in [-0.4, -0.2) is 36.2 Å². The fourth-order valence-corrected chi connectivity index (χ4v) is 1.34. The molecule has 0 aliphatic rings. The van der Waals surface area contributed by atoms with Crippen LogP contribution in [0.15, 0.2) is 24.3 Å². The summed E-state index contributed by atoms with van der Waals surface area (Å²) in [4.78, 5) is 22.8. The van der Waals surface area contributed by atoms with Crippen molar-refractivity contribution in [1.82, 2.24) is 10.9 Å². The highest BCUT2D eigenvalue weighted by Gasteiger charge is 2.14. The average molecular weight is 298 g/mol. The molecule has 21 heavy (non-hydrogen) atoms. The molecule has 0 heterocycles. The maximum atomic E-state index is 13.3. The summed E-state index contributed by atoms with van der Waals surface area (Å²) in [6, 6.07) is 5.42. The number of halogens is 1. The summed E-state index contributed by atoms with van der Waals surface area (Å²) in [5.74, 6) is -1.93. The number of carbonyl (C=O) groups is 2. The Morgan fingerprint density at radius 1 is 1.33 bits per heavy atom. The van der Waals surface area contributed by atoms with Crippen molar-refractivity contribution in [2.45, 2.75) is 20.0 Å². The highest BCUT2D eigenvalue weighted by atomic mass is 19.1. The summed E-state index contributed by atoms with van der Waals surface area (Å²) in [5, 5.41) is 9.58. The van der Waals surface area contributed by atoms with E-state index in [1.165, 1.54) is 18.2 Å². The molecule has 0 radical (unpaired) electrons. The molecule has 1 atom stereocenters. The second-order valence-electron chi connectivity index (χ2n) is 4.76. The Morgan fingerprint density at radius 3 is 2.62 bits per heavy atom. The minimum Gasteiger partial charge on any atom is -0.459 e. The normalized spacial score (nSPS) is 12.0. The first-order valence-corrected chi connectivity index (χ1v) is 6.54. The van der Waals surface area contributed by atoms with Gasteiger partial charge in [-0.3, -0.25) is 10.2 Å². The van der Waals surface area contributed by atoms with Crippen molar-refractivity contribution < 1.29 is 23.8 Å². The lowest BCUT2D eigenvalue weighted by atomic mass is 10.2. The van der Waals surface area contributed by atoms with Crippen molar-refractivity contribution in [3.63, 3.8) is 0 Å². The molecule has 0 saturated heterocycles. The molecular weight excluding hydrogens is 279 g/mol. The fraction of sp³-hybridized carbons (Fsp3) is 0.429. The SMILES string of the molecule is CC(C)C(=O)NNCC(O)COC(=O)c1ccccc1F. The molecule has 7 heteroatoms. The van der Waals surface area contributed by atoms with Gasteiger partial charge < -0.3 is 9.84 Å². The van der Waals surface area contributed by atoms with E-state index in [9.17, 15) is 19.1 Å². The third-order valence-electron chi connectivity index (χ3n) is 2.57. The Balaban J connectivity index is 2.30.